The van der Waals surface area contributed by atoms with E-state index < -0.39 is 0 Å². The Bertz CT molecular complexity index is 772. The zero-order chi connectivity index (χ0) is 14.1. The van der Waals surface area contributed by atoms with Crippen LogP contribution in [0.3, 0.4) is 0 Å². The molecule has 8 heteroatoms. The van der Waals surface area contributed by atoms with Crippen LogP contribution in [0, 0.1) is 6.92 Å². The summed E-state index contributed by atoms with van der Waals surface area (Å²) < 4.78 is 0.712. The number of hydrogen-bond acceptors (Lipinski definition) is 6. The van der Waals surface area contributed by atoms with Crippen molar-refractivity contribution in [1.82, 2.24) is 19.9 Å². The Labute approximate surface area is 127 Å². The van der Waals surface area contributed by atoms with E-state index in [1.165, 1.54) is 23.7 Å². The molecule has 2 heterocycles. The molecule has 0 spiro atoms. The predicted molar refractivity (Wildman–Crippen MR) is 82.5 cm³/mol. The van der Waals surface area contributed by atoms with E-state index in [-0.39, 0.29) is 0 Å². The molecule has 102 valence electrons. The third kappa shape index (κ3) is 2.49. The molecular weight excluding hydrogens is 340 g/mol. The number of H-pyrrole nitrogens is 1. The number of nitrogen functional groups attached to an aromatic ring is 1. The molecule has 0 aliphatic heterocycles. The van der Waals surface area contributed by atoms with E-state index in [0.29, 0.717) is 10.3 Å². The molecule has 0 unspecified atom stereocenters. The number of halogens is 1. The summed E-state index contributed by atoms with van der Waals surface area (Å²) in [5.74, 6) is 5.92. The average Bonchev–Trinajstić information content (AvgIpc) is 2.82. The fourth-order valence-electron chi connectivity index (χ4n) is 1.77. The Morgan fingerprint density at radius 2 is 2.20 bits per heavy atom. The van der Waals surface area contributed by atoms with E-state index in [0.717, 1.165) is 21.2 Å². The number of imidazole rings is 1. The van der Waals surface area contributed by atoms with Crippen LogP contribution in [0.4, 0.5) is 5.82 Å². The van der Waals surface area contributed by atoms with Crippen LogP contribution in [-0.4, -0.2) is 19.9 Å². The van der Waals surface area contributed by atoms with Gasteiger partial charge in [-0.3, -0.25) is 0 Å². The van der Waals surface area contributed by atoms with E-state index in [4.69, 9.17) is 5.84 Å². The number of nitrogens with zero attached hydrogens (tertiary/aromatic N) is 3. The first kappa shape index (κ1) is 13.3. The van der Waals surface area contributed by atoms with E-state index >= 15 is 0 Å². The zero-order valence-corrected chi connectivity index (χ0v) is 12.9. The Morgan fingerprint density at radius 1 is 1.35 bits per heavy atom. The molecule has 4 N–H and O–H groups in total. The lowest BCUT2D eigenvalue weighted by Crippen LogP contribution is -2.09. The highest BCUT2D eigenvalue weighted by Crippen LogP contribution is 2.33. The normalized spacial score (nSPS) is 10.9. The number of anilines is 1. The third-order valence-corrected chi connectivity index (χ3v) is 4.61. The lowest BCUT2D eigenvalue weighted by atomic mass is 10.2. The monoisotopic (exact) mass is 350 g/mol. The quantitative estimate of drug-likeness (QED) is 0.382. The smallest absolute Gasteiger partial charge is 0.172 e. The molecule has 3 aromatic rings. The second-order valence-corrected chi connectivity index (χ2v) is 5.92. The number of hydrazine groups is 1. The number of aromatic amines is 1. The van der Waals surface area contributed by atoms with Crippen LogP contribution < -0.4 is 11.3 Å². The number of rotatable bonds is 3. The van der Waals surface area contributed by atoms with Gasteiger partial charge in [0.2, 0.25) is 0 Å². The third-order valence-electron chi connectivity index (χ3n) is 2.70. The Morgan fingerprint density at radius 3 is 3.00 bits per heavy atom. The van der Waals surface area contributed by atoms with Gasteiger partial charge in [-0.05, 0) is 52.3 Å². The second kappa shape index (κ2) is 5.39. The van der Waals surface area contributed by atoms with Crippen molar-refractivity contribution in [2.75, 3.05) is 5.43 Å². The van der Waals surface area contributed by atoms with Crippen molar-refractivity contribution in [1.29, 1.82) is 0 Å². The molecule has 0 aliphatic carbocycles. The van der Waals surface area contributed by atoms with E-state index in [1.807, 2.05) is 19.1 Å². The zero-order valence-electron chi connectivity index (χ0n) is 10.5. The lowest BCUT2D eigenvalue weighted by molar-refractivity contribution is 1.00. The number of nitrogens with one attached hydrogen (secondary N) is 2. The van der Waals surface area contributed by atoms with Crippen LogP contribution in [0.25, 0.3) is 11.0 Å². The minimum atomic E-state index is 0.537. The maximum atomic E-state index is 5.39. The van der Waals surface area contributed by atoms with Gasteiger partial charge in [0.05, 0.1) is 15.5 Å². The maximum Gasteiger partial charge on any atom is 0.172 e. The van der Waals surface area contributed by atoms with Crippen LogP contribution in [0.2, 0.25) is 0 Å². The fourth-order valence-corrected chi connectivity index (χ4v) is 3.10. The van der Waals surface area contributed by atoms with Crippen molar-refractivity contribution in [2.45, 2.75) is 17.1 Å². The standard InChI is InChI=1S/C12H11BrN6S/c1-6-2-3-7-8(4-6)18-12(17-7)20-11-9(13)10(19-14)15-5-16-11/h2-5H,14H2,1H3,(H,17,18)(H,15,16,19). The summed E-state index contributed by atoms with van der Waals surface area (Å²) >= 11 is 4.84. The molecule has 0 saturated carbocycles. The fraction of sp³-hybridized carbons (Fsp3) is 0.0833. The van der Waals surface area contributed by atoms with E-state index in [2.05, 4.69) is 47.4 Å². The Balaban J connectivity index is 1.97. The molecule has 0 atom stereocenters. The van der Waals surface area contributed by atoms with Crippen molar-refractivity contribution in [3.8, 4) is 0 Å². The van der Waals surface area contributed by atoms with Crippen molar-refractivity contribution in [2.24, 2.45) is 5.84 Å². The SMILES string of the molecule is Cc1ccc2nc(Sc3ncnc(NN)c3Br)[nH]c2c1. The van der Waals surface area contributed by atoms with Gasteiger partial charge in [-0.25, -0.2) is 20.8 Å². The van der Waals surface area contributed by atoms with Gasteiger partial charge >= 0.3 is 0 Å². The van der Waals surface area contributed by atoms with Crippen LogP contribution in [0.15, 0.2) is 39.2 Å². The Kier molecular flexibility index (Phi) is 3.60. The first-order chi connectivity index (χ1) is 9.67. The van der Waals surface area contributed by atoms with Crippen molar-refractivity contribution >= 4 is 44.5 Å². The van der Waals surface area contributed by atoms with Crippen molar-refractivity contribution in [3.05, 3.63) is 34.6 Å². The van der Waals surface area contributed by atoms with Gasteiger partial charge < -0.3 is 10.4 Å². The van der Waals surface area contributed by atoms with Gasteiger partial charge in [-0.1, -0.05) is 6.07 Å². The predicted octanol–water partition coefficient (Wildman–Crippen LogP) is 2.86. The highest BCUT2D eigenvalue weighted by Gasteiger charge is 2.12. The van der Waals surface area contributed by atoms with Crippen molar-refractivity contribution < 1.29 is 0 Å². The maximum absolute atomic E-state index is 5.39. The van der Waals surface area contributed by atoms with Gasteiger partial charge in [0.1, 0.15) is 11.4 Å². The minimum absolute atomic E-state index is 0.537. The van der Waals surface area contributed by atoms with E-state index in [1.54, 1.807) is 0 Å². The number of fused-ring (bicyclic) bond motifs is 1. The first-order valence-corrected chi connectivity index (χ1v) is 7.39. The molecule has 0 fully saturated rings. The number of aromatic nitrogens is 4. The number of benzene rings is 1. The van der Waals surface area contributed by atoms with Gasteiger partial charge in [0.15, 0.2) is 11.0 Å². The molecular formula is C12H11BrN6S. The number of hydrogen-bond donors (Lipinski definition) is 3. The molecule has 0 bridgehead atoms. The van der Waals surface area contributed by atoms with Gasteiger partial charge in [0.25, 0.3) is 0 Å². The Hall–Kier alpha value is -1.64. The summed E-state index contributed by atoms with van der Waals surface area (Å²) in [7, 11) is 0. The second-order valence-electron chi connectivity index (χ2n) is 4.15. The first-order valence-electron chi connectivity index (χ1n) is 5.78. The summed E-state index contributed by atoms with van der Waals surface area (Å²) in [4.78, 5) is 16.0. The topological polar surface area (TPSA) is 92.5 Å². The average molecular weight is 351 g/mol. The van der Waals surface area contributed by atoms with Gasteiger partial charge in [0, 0.05) is 0 Å². The highest BCUT2D eigenvalue weighted by atomic mass is 79.9. The van der Waals surface area contributed by atoms with Crippen LogP contribution in [-0.2, 0) is 0 Å². The molecule has 1 aromatic carbocycles. The van der Waals surface area contributed by atoms with Crippen LogP contribution >= 0.6 is 27.7 Å². The van der Waals surface area contributed by atoms with Gasteiger partial charge in [-0.15, -0.1) is 0 Å². The summed E-state index contributed by atoms with van der Waals surface area (Å²) in [5, 5.41) is 1.51. The molecule has 20 heavy (non-hydrogen) atoms. The highest BCUT2D eigenvalue weighted by molar-refractivity contribution is 9.10. The number of aryl methyl sites for hydroxylation is 1. The van der Waals surface area contributed by atoms with Crippen LogP contribution in [0.1, 0.15) is 5.56 Å². The summed E-state index contributed by atoms with van der Waals surface area (Å²) in [6, 6.07) is 6.09. The molecule has 6 nitrogen and oxygen atoms in total. The minimum Gasteiger partial charge on any atom is -0.333 e. The lowest BCUT2D eigenvalue weighted by Gasteiger charge is -2.04. The number of nitrogens with two attached hydrogens (primary N) is 1. The molecule has 0 aliphatic rings. The van der Waals surface area contributed by atoms with Crippen LogP contribution in [0.5, 0.6) is 0 Å². The van der Waals surface area contributed by atoms with E-state index in [9.17, 15) is 0 Å². The molecule has 3 rings (SSSR count). The summed E-state index contributed by atoms with van der Waals surface area (Å²) in [5.41, 5.74) is 5.64. The summed E-state index contributed by atoms with van der Waals surface area (Å²) in [6.45, 7) is 2.05. The molecule has 0 saturated heterocycles. The largest absolute Gasteiger partial charge is 0.333 e. The molecule has 0 radical (unpaired) electrons. The summed E-state index contributed by atoms with van der Waals surface area (Å²) in [6.07, 6.45) is 1.45. The van der Waals surface area contributed by atoms with Gasteiger partial charge in [-0.2, -0.15) is 0 Å². The van der Waals surface area contributed by atoms with Crippen molar-refractivity contribution in [3.63, 3.8) is 0 Å². The molecule has 0 amide bonds. The molecule has 2 aromatic heterocycles.